The third kappa shape index (κ3) is 19.2. The second-order valence-corrected chi connectivity index (χ2v) is 11.3. The Hall–Kier alpha value is -0.570. The molecule has 0 fully saturated rings. The van der Waals surface area contributed by atoms with Crippen molar-refractivity contribution >= 4 is 5.97 Å². The maximum atomic E-state index is 12.2. The zero-order valence-corrected chi connectivity index (χ0v) is 25.1. The summed E-state index contributed by atoms with van der Waals surface area (Å²) in [5.74, 6) is -0.569. The molecule has 0 aromatic heterocycles. The van der Waals surface area contributed by atoms with Crippen molar-refractivity contribution in [1.29, 1.82) is 0 Å². The highest BCUT2D eigenvalue weighted by Crippen LogP contribution is 2.39. The van der Waals surface area contributed by atoms with E-state index in [-0.39, 0.29) is 12.1 Å². The molecule has 0 saturated heterocycles. The molecule has 0 aliphatic heterocycles. The largest absolute Gasteiger partial charge is 0.550 e. The van der Waals surface area contributed by atoms with Gasteiger partial charge in [-0.25, -0.2) is 0 Å². The van der Waals surface area contributed by atoms with Gasteiger partial charge >= 0.3 is 0 Å². The van der Waals surface area contributed by atoms with E-state index in [1.54, 1.807) is 0 Å². The Morgan fingerprint density at radius 3 is 1.20 bits per heavy atom. The van der Waals surface area contributed by atoms with Crippen molar-refractivity contribution in [3.8, 4) is 0 Å². The number of hydrogen-bond acceptors (Lipinski definition) is 2. The summed E-state index contributed by atoms with van der Waals surface area (Å²) in [6.07, 6.45) is 31.8. The second kappa shape index (κ2) is 26.5. The van der Waals surface area contributed by atoms with Crippen molar-refractivity contribution in [3.63, 3.8) is 0 Å². The molecule has 0 rings (SSSR count). The predicted octanol–water partition coefficient (Wildman–Crippen LogP) is 10.5. The average molecular weight is 498 g/mol. The number of carbonyl (C=O) groups is 1. The van der Waals surface area contributed by atoms with Crippen LogP contribution in [0.5, 0.6) is 0 Å². The first-order valence-electron chi connectivity index (χ1n) is 15.8. The fraction of sp³-hybridized carbons (Fsp3) is 0.969. The molecule has 35 heavy (non-hydrogen) atoms. The maximum Gasteiger partial charge on any atom is 0.0478 e. The summed E-state index contributed by atoms with van der Waals surface area (Å²) >= 11 is 0. The van der Waals surface area contributed by atoms with Crippen LogP contribution in [-0.4, -0.2) is 5.97 Å². The molecule has 0 spiro atoms. The highest BCUT2D eigenvalue weighted by atomic mass is 16.4. The standard InChI is InChI=1S/C32H64O2.H3N/c1-5-8-10-12-14-16-17-18-19-20-22-24-26-28-30(4)32(7-3,31(33)34)29-27-25-23-21-15-13-11-9-6-2;/h30H,5-29H2,1-4H3,(H,33,34);1H3. The van der Waals surface area contributed by atoms with Gasteiger partial charge in [0.15, 0.2) is 0 Å². The summed E-state index contributed by atoms with van der Waals surface area (Å²) in [5.41, 5.74) is -0.613. The van der Waals surface area contributed by atoms with Gasteiger partial charge in [-0.1, -0.05) is 169 Å². The first kappa shape index (κ1) is 36.6. The van der Waals surface area contributed by atoms with Gasteiger partial charge in [-0.3, -0.25) is 0 Å². The zero-order chi connectivity index (χ0) is 25.3. The van der Waals surface area contributed by atoms with Crippen molar-refractivity contribution in [1.82, 2.24) is 6.15 Å². The first-order valence-corrected chi connectivity index (χ1v) is 15.8. The van der Waals surface area contributed by atoms with Crippen LogP contribution in [0.3, 0.4) is 0 Å². The van der Waals surface area contributed by atoms with Crippen LogP contribution in [0.4, 0.5) is 0 Å². The molecule has 4 N–H and O–H groups in total. The highest BCUT2D eigenvalue weighted by Gasteiger charge is 2.35. The summed E-state index contributed by atoms with van der Waals surface area (Å²) in [5, 5.41) is 12.2. The van der Waals surface area contributed by atoms with E-state index in [4.69, 9.17) is 0 Å². The normalized spacial score (nSPS) is 13.8. The minimum absolute atomic E-state index is 0. The average Bonchev–Trinajstić information content (AvgIpc) is 2.83. The fourth-order valence-corrected chi connectivity index (χ4v) is 5.71. The maximum absolute atomic E-state index is 12.2. The van der Waals surface area contributed by atoms with E-state index in [0.29, 0.717) is 6.42 Å². The lowest BCUT2D eigenvalue weighted by molar-refractivity contribution is -0.323. The van der Waals surface area contributed by atoms with Gasteiger partial charge in [0.05, 0.1) is 0 Å². The van der Waals surface area contributed by atoms with Crippen LogP contribution in [0, 0.1) is 11.3 Å². The molecule has 2 atom stereocenters. The number of unbranched alkanes of at least 4 members (excludes halogenated alkanes) is 20. The number of quaternary nitrogens is 1. The lowest BCUT2D eigenvalue weighted by atomic mass is 9.69. The fourth-order valence-electron chi connectivity index (χ4n) is 5.71. The van der Waals surface area contributed by atoms with Gasteiger partial charge < -0.3 is 16.1 Å². The molecular formula is C32H67NO2. The summed E-state index contributed by atoms with van der Waals surface area (Å²) in [6, 6.07) is 0. The molecule has 212 valence electrons. The van der Waals surface area contributed by atoms with E-state index >= 15 is 0 Å². The van der Waals surface area contributed by atoms with Crippen molar-refractivity contribution in [2.24, 2.45) is 11.3 Å². The van der Waals surface area contributed by atoms with Crippen LogP contribution >= 0.6 is 0 Å². The number of carbonyl (C=O) groups excluding carboxylic acids is 1. The molecule has 0 aliphatic carbocycles. The molecule has 0 heterocycles. The molecule has 0 bridgehead atoms. The van der Waals surface area contributed by atoms with E-state index in [9.17, 15) is 9.90 Å². The summed E-state index contributed by atoms with van der Waals surface area (Å²) in [6.45, 7) is 8.78. The topological polar surface area (TPSA) is 76.6 Å². The Morgan fingerprint density at radius 1 is 0.571 bits per heavy atom. The molecule has 0 aromatic rings. The van der Waals surface area contributed by atoms with Crippen LogP contribution in [0.25, 0.3) is 0 Å². The Kier molecular flexibility index (Phi) is 27.7. The molecule has 3 heteroatoms. The number of carboxylic acid groups (broad SMARTS) is 1. The molecule has 0 radical (unpaired) electrons. The van der Waals surface area contributed by atoms with Crippen LogP contribution in [0.1, 0.15) is 188 Å². The van der Waals surface area contributed by atoms with Crippen molar-refractivity contribution < 1.29 is 9.90 Å². The van der Waals surface area contributed by atoms with Gasteiger partial charge in [0, 0.05) is 11.4 Å². The molecule has 0 amide bonds. The van der Waals surface area contributed by atoms with Crippen molar-refractivity contribution in [2.45, 2.75) is 188 Å². The lowest BCUT2D eigenvalue weighted by Crippen LogP contribution is -2.46. The first-order chi connectivity index (χ1) is 16.5. The molecule has 3 nitrogen and oxygen atoms in total. The van der Waals surface area contributed by atoms with E-state index in [2.05, 4.69) is 27.7 Å². The zero-order valence-electron chi connectivity index (χ0n) is 25.1. The third-order valence-corrected chi connectivity index (χ3v) is 8.45. The van der Waals surface area contributed by atoms with Crippen LogP contribution in [0.15, 0.2) is 0 Å². The minimum Gasteiger partial charge on any atom is -0.550 e. The Balaban J connectivity index is 0. The van der Waals surface area contributed by atoms with Crippen molar-refractivity contribution in [3.05, 3.63) is 0 Å². The van der Waals surface area contributed by atoms with Gasteiger partial charge in [0.2, 0.25) is 0 Å². The number of rotatable bonds is 27. The SMILES string of the molecule is CCCCCCCCCCCCCCCC(C)C(CC)(CCCCCCCCCCC)C(=O)[O-].[NH4+]. The Bertz CT molecular complexity index is 439. The highest BCUT2D eigenvalue weighted by molar-refractivity contribution is 5.72. The van der Waals surface area contributed by atoms with E-state index in [1.165, 1.54) is 135 Å². The van der Waals surface area contributed by atoms with E-state index in [0.717, 1.165) is 19.3 Å². The molecule has 0 aromatic carbocycles. The van der Waals surface area contributed by atoms with Crippen LogP contribution in [0.2, 0.25) is 0 Å². The van der Waals surface area contributed by atoms with Gasteiger partial charge in [-0.05, 0) is 25.2 Å². The number of carboxylic acids is 1. The predicted molar refractivity (Wildman–Crippen MR) is 155 cm³/mol. The minimum atomic E-state index is -0.795. The summed E-state index contributed by atoms with van der Waals surface area (Å²) in [4.78, 5) is 12.2. The van der Waals surface area contributed by atoms with Gasteiger partial charge in [-0.2, -0.15) is 0 Å². The molecule has 2 unspecified atom stereocenters. The lowest BCUT2D eigenvalue weighted by Gasteiger charge is -2.40. The molecule has 0 aliphatic rings. The number of aliphatic carboxylic acids is 1. The monoisotopic (exact) mass is 498 g/mol. The van der Waals surface area contributed by atoms with Crippen molar-refractivity contribution in [2.75, 3.05) is 0 Å². The van der Waals surface area contributed by atoms with Gasteiger partial charge in [-0.15, -0.1) is 0 Å². The molecule has 0 saturated carbocycles. The molecular weight excluding hydrogens is 430 g/mol. The van der Waals surface area contributed by atoms with Crippen LogP contribution in [-0.2, 0) is 4.79 Å². The smallest absolute Gasteiger partial charge is 0.0478 e. The van der Waals surface area contributed by atoms with Gasteiger partial charge in [0.25, 0.3) is 0 Å². The third-order valence-electron chi connectivity index (χ3n) is 8.45. The summed E-state index contributed by atoms with van der Waals surface area (Å²) in [7, 11) is 0. The van der Waals surface area contributed by atoms with Crippen LogP contribution < -0.4 is 11.3 Å². The van der Waals surface area contributed by atoms with E-state index in [1.807, 2.05) is 0 Å². The quantitative estimate of drug-likeness (QED) is 0.115. The summed E-state index contributed by atoms with van der Waals surface area (Å²) < 4.78 is 0. The Morgan fingerprint density at radius 2 is 0.886 bits per heavy atom. The van der Waals surface area contributed by atoms with Gasteiger partial charge in [0.1, 0.15) is 0 Å². The van der Waals surface area contributed by atoms with E-state index < -0.39 is 11.4 Å². The second-order valence-electron chi connectivity index (χ2n) is 11.3. The Labute approximate surface area is 221 Å². The number of hydrogen-bond donors (Lipinski definition) is 1.